The number of rotatable bonds is 5. The van der Waals surface area contributed by atoms with Crippen molar-refractivity contribution in [2.45, 2.75) is 53.1 Å². The number of carbonyl (C=O) groups excluding carboxylic acids is 2. The minimum Gasteiger partial charge on any atom is -0.338 e. The van der Waals surface area contributed by atoms with Crippen molar-refractivity contribution in [1.82, 2.24) is 19.4 Å². The fourth-order valence-corrected chi connectivity index (χ4v) is 4.76. The van der Waals surface area contributed by atoms with Gasteiger partial charge < -0.3 is 9.80 Å². The molecule has 0 aromatic carbocycles. The maximum absolute atomic E-state index is 13.1. The van der Waals surface area contributed by atoms with Crippen LogP contribution >= 0.6 is 11.3 Å². The highest BCUT2D eigenvalue weighted by atomic mass is 32.1. The van der Waals surface area contributed by atoms with Gasteiger partial charge in [-0.25, -0.2) is 4.98 Å². The topological polar surface area (TPSA) is 75.5 Å². The fourth-order valence-electron chi connectivity index (χ4n) is 3.65. The molecule has 0 spiro atoms. The zero-order valence-electron chi connectivity index (χ0n) is 16.5. The summed E-state index contributed by atoms with van der Waals surface area (Å²) in [4.78, 5) is 47.2. The first-order valence-corrected chi connectivity index (χ1v) is 10.2. The monoisotopic (exact) mass is 390 g/mol. The van der Waals surface area contributed by atoms with E-state index in [-0.39, 0.29) is 29.5 Å². The van der Waals surface area contributed by atoms with Crippen LogP contribution in [-0.2, 0) is 4.79 Å². The third kappa shape index (κ3) is 3.26. The number of amides is 2. The predicted octanol–water partition coefficient (Wildman–Crippen LogP) is 2.43. The molecule has 7 nitrogen and oxygen atoms in total. The van der Waals surface area contributed by atoms with Gasteiger partial charge in [-0.2, -0.15) is 0 Å². The van der Waals surface area contributed by atoms with Gasteiger partial charge in [-0.1, -0.05) is 0 Å². The molecule has 3 heterocycles. The van der Waals surface area contributed by atoms with Crippen LogP contribution in [0.2, 0.25) is 0 Å². The number of hydrogen-bond donors (Lipinski definition) is 0. The molecular weight excluding hydrogens is 364 g/mol. The number of carbonyl (C=O) groups is 2. The highest BCUT2D eigenvalue weighted by Crippen LogP contribution is 2.29. The molecule has 1 saturated heterocycles. The van der Waals surface area contributed by atoms with Crippen molar-refractivity contribution in [3.05, 3.63) is 27.1 Å². The lowest BCUT2D eigenvalue weighted by atomic mass is 10.2. The van der Waals surface area contributed by atoms with Crippen LogP contribution in [0.5, 0.6) is 0 Å². The van der Waals surface area contributed by atoms with E-state index in [2.05, 4.69) is 4.98 Å². The third-order valence-corrected chi connectivity index (χ3v) is 6.46. The molecule has 2 amide bonds. The number of likely N-dealkylation sites (tertiary alicyclic amines) is 1. The van der Waals surface area contributed by atoms with Gasteiger partial charge in [0, 0.05) is 32.1 Å². The summed E-state index contributed by atoms with van der Waals surface area (Å²) < 4.78 is 1.56. The zero-order valence-corrected chi connectivity index (χ0v) is 17.3. The van der Waals surface area contributed by atoms with Crippen LogP contribution in [0.15, 0.2) is 11.1 Å². The van der Waals surface area contributed by atoms with Crippen molar-refractivity contribution >= 4 is 33.4 Å². The van der Waals surface area contributed by atoms with Gasteiger partial charge in [0.2, 0.25) is 5.91 Å². The Bertz CT molecular complexity index is 942. The van der Waals surface area contributed by atoms with Crippen molar-refractivity contribution in [3.8, 4) is 0 Å². The maximum Gasteiger partial charge on any atom is 0.264 e. The Labute approximate surface area is 162 Å². The molecule has 1 aliphatic heterocycles. The molecule has 0 radical (unpaired) electrons. The van der Waals surface area contributed by atoms with Crippen LogP contribution in [0.4, 0.5) is 0 Å². The third-order valence-electron chi connectivity index (χ3n) is 5.28. The average Bonchev–Trinajstić information content (AvgIpc) is 3.17. The molecule has 0 unspecified atom stereocenters. The first kappa shape index (κ1) is 19.5. The minimum atomic E-state index is -0.217. The fraction of sp³-hybridized carbons (Fsp3) is 0.579. The van der Waals surface area contributed by atoms with Gasteiger partial charge >= 0.3 is 0 Å². The Morgan fingerprint density at radius 3 is 2.56 bits per heavy atom. The SMILES string of the molecule is CCN(CC)C(=O)c1sc2ncn([C@@H]3CC(=O)N(C(C)C)C3)c(=O)c2c1C. The van der Waals surface area contributed by atoms with Gasteiger partial charge in [0.25, 0.3) is 11.5 Å². The second kappa shape index (κ2) is 7.42. The maximum atomic E-state index is 13.1. The van der Waals surface area contributed by atoms with Crippen molar-refractivity contribution in [1.29, 1.82) is 0 Å². The van der Waals surface area contributed by atoms with E-state index < -0.39 is 0 Å². The molecule has 2 aromatic rings. The van der Waals surface area contributed by atoms with E-state index >= 15 is 0 Å². The number of fused-ring (bicyclic) bond motifs is 1. The van der Waals surface area contributed by atoms with Crippen LogP contribution in [0.1, 0.15) is 55.4 Å². The first-order valence-electron chi connectivity index (χ1n) is 9.39. The lowest BCUT2D eigenvalue weighted by molar-refractivity contribution is -0.129. The zero-order chi connectivity index (χ0) is 19.9. The van der Waals surface area contributed by atoms with Crippen LogP contribution in [0.25, 0.3) is 10.2 Å². The van der Waals surface area contributed by atoms with E-state index in [1.54, 1.807) is 14.4 Å². The van der Waals surface area contributed by atoms with Crippen molar-refractivity contribution in [2.24, 2.45) is 0 Å². The van der Waals surface area contributed by atoms with Gasteiger partial charge in [0.05, 0.1) is 22.6 Å². The van der Waals surface area contributed by atoms with Crippen molar-refractivity contribution in [2.75, 3.05) is 19.6 Å². The van der Waals surface area contributed by atoms with Gasteiger partial charge in [0.1, 0.15) is 4.83 Å². The van der Waals surface area contributed by atoms with Gasteiger partial charge in [-0.05, 0) is 40.2 Å². The molecule has 1 aliphatic rings. The first-order chi connectivity index (χ1) is 12.8. The quantitative estimate of drug-likeness (QED) is 0.786. The normalized spacial score (nSPS) is 17.3. The number of aromatic nitrogens is 2. The van der Waals surface area contributed by atoms with Crippen LogP contribution in [-0.4, -0.2) is 56.8 Å². The molecule has 1 fully saturated rings. The molecule has 0 bridgehead atoms. The number of hydrogen-bond acceptors (Lipinski definition) is 5. The van der Waals surface area contributed by atoms with Crippen LogP contribution < -0.4 is 5.56 Å². The van der Waals surface area contributed by atoms with E-state index in [9.17, 15) is 14.4 Å². The van der Waals surface area contributed by atoms with Crippen molar-refractivity contribution in [3.63, 3.8) is 0 Å². The summed E-state index contributed by atoms with van der Waals surface area (Å²) >= 11 is 1.27. The van der Waals surface area contributed by atoms with Crippen LogP contribution in [0, 0.1) is 6.92 Å². The van der Waals surface area contributed by atoms with E-state index in [0.29, 0.717) is 46.7 Å². The van der Waals surface area contributed by atoms with E-state index in [1.807, 2.05) is 34.6 Å². The molecule has 3 rings (SSSR count). The summed E-state index contributed by atoms with van der Waals surface area (Å²) in [6.45, 7) is 11.4. The molecule has 2 aromatic heterocycles. The summed E-state index contributed by atoms with van der Waals surface area (Å²) in [5.41, 5.74) is 0.513. The molecule has 0 saturated carbocycles. The molecule has 1 atom stereocenters. The Balaban J connectivity index is 2.04. The van der Waals surface area contributed by atoms with E-state index in [1.165, 1.54) is 17.7 Å². The van der Waals surface area contributed by atoms with Crippen LogP contribution in [0.3, 0.4) is 0 Å². The number of nitrogens with zero attached hydrogens (tertiary/aromatic N) is 4. The Kier molecular flexibility index (Phi) is 5.37. The lowest BCUT2D eigenvalue weighted by Gasteiger charge is -2.21. The van der Waals surface area contributed by atoms with Crippen molar-refractivity contribution < 1.29 is 9.59 Å². The summed E-state index contributed by atoms with van der Waals surface area (Å²) in [7, 11) is 0. The second-order valence-corrected chi connectivity index (χ2v) is 8.17. The summed E-state index contributed by atoms with van der Waals surface area (Å²) in [5.74, 6) is -0.00471. The molecular formula is C19H26N4O3S. The summed E-state index contributed by atoms with van der Waals surface area (Å²) in [6.07, 6.45) is 1.83. The van der Waals surface area contributed by atoms with Gasteiger partial charge in [-0.3, -0.25) is 19.0 Å². The Morgan fingerprint density at radius 1 is 1.33 bits per heavy atom. The van der Waals surface area contributed by atoms with Gasteiger partial charge in [-0.15, -0.1) is 11.3 Å². The summed E-state index contributed by atoms with van der Waals surface area (Å²) in [6, 6.07) is -0.110. The number of aryl methyl sites for hydroxylation is 1. The molecule has 27 heavy (non-hydrogen) atoms. The molecule has 8 heteroatoms. The lowest BCUT2D eigenvalue weighted by Crippen LogP contribution is -2.33. The number of thiophene rings is 1. The Morgan fingerprint density at radius 2 is 2.00 bits per heavy atom. The Hall–Kier alpha value is -2.22. The second-order valence-electron chi connectivity index (χ2n) is 7.17. The minimum absolute atomic E-state index is 0.0569. The average molecular weight is 391 g/mol. The highest BCUT2D eigenvalue weighted by Gasteiger charge is 2.33. The standard InChI is InChI=1S/C19H26N4O3S/c1-6-21(7-2)19(26)16-12(5)15-17(27-16)20-10-23(18(15)25)13-8-14(24)22(9-13)11(3)4/h10-11,13H,6-9H2,1-5H3/t13-/m1/s1. The van der Waals surface area contributed by atoms with E-state index in [0.717, 1.165) is 0 Å². The molecule has 0 N–H and O–H groups in total. The largest absolute Gasteiger partial charge is 0.338 e. The molecule has 0 aliphatic carbocycles. The summed E-state index contributed by atoms with van der Waals surface area (Å²) in [5, 5.41) is 0.494. The van der Waals surface area contributed by atoms with E-state index in [4.69, 9.17) is 0 Å². The predicted molar refractivity (Wildman–Crippen MR) is 106 cm³/mol. The highest BCUT2D eigenvalue weighted by molar-refractivity contribution is 7.20. The smallest absolute Gasteiger partial charge is 0.264 e. The molecule has 146 valence electrons. The van der Waals surface area contributed by atoms with Gasteiger partial charge in [0.15, 0.2) is 0 Å².